The molecule has 30 heavy (non-hydrogen) atoms. The average molecular weight is 475 g/mol. The molecule has 1 fully saturated rings. The molecule has 8 nitrogen and oxygen atoms in total. The number of amides is 3. The lowest BCUT2D eigenvalue weighted by atomic mass is 10.1. The minimum Gasteiger partial charge on any atom is -0.493 e. The second-order valence-electron chi connectivity index (χ2n) is 6.28. The quantitative estimate of drug-likeness (QED) is 0.376. The second-order valence-corrected chi connectivity index (χ2v) is 7.20. The molecule has 0 aromatic heterocycles. The first-order valence-corrected chi connectivity index (χ1v) is 9.67. The second kappa shape index (κ2) is 9.45. The van der Waals surface area contributed by atoms with E-state index in [1.165, 1.54) is 20.3 Å². The van der Waals surface area contributed by atoms with E-state index in [0.717, 1.165) is 14.9 Å². The molecule has 0 unspecified atom stereocenters. The largest absolute Gasteiger partial charge is 0.493 e. The highest BCUT2D eigenvalue weighted by Gasteiger charge is 2.35. The van der Waals surface area contributed by atoms with Gasteiger partial charge in [-0.15, -0.1) is 0 Å². The van der Waals surface area contributed by atoms with E-state index in [1.807, 2.05) is 24.3 Å². The Morgan fingerprint density at radius 3 is 2.50 bits per heavy atom. The maximum atomic E-state index is 12.4. The first-order chi connectivity index (χ1) is 14.4. The molecule has 3 rings (SSSR count). The smallest absolute Gasteiger partial charge is 0.329 e. The van der Waals surface area contributed by atoms with Crippen LogP contribution in [-0.4, -0.2) is 43.6 Å². The summed E-state index contributed by atoms with van der Waals surface area (Å²) in [4.78, 5) is 36.5. The van der Waals surface area contributed by atoms with Crippen LogP contribution in [-0.2, 0) is 20.9 Å². The molecule has 1 saturated heterocycles. The number of ether oxygens (including phenoxy) is 3. The van der Waals surface area contributed by atoms with Crippen molar-refractivity contribution in [2.45, 2.75) is 6.61 Å². The van der Waals surface area contributed by atoms with Crippen molar-refractivity contribution in [1.82, 2.24) is 10.2 Å². The van der Waals surface area contributed by atoms with Gasteiger partial charge in [0, 0.05) is 4.47 Å². The van der Waals surface area contributed by atoms with Crippen LogP contribution < -0.4 is 14.8 Å². The van der Waals surface area contributed by atoms with Gasteiger partial charge in [-0.1, -0.05) is 34.1 Å². The van der Waals surface area contributed by atoms with Gasteiger partial charge in [0.25, 0.3) is 5.91 Å². The van der Waals surface area contributed by atoms with Crippen LogP contribution in [0.2, 0.25) is 0 Å². The fourth-order valence-corrected chi connectivity index (χ4v) is 2.97. The summed E-state index contributed by atoms with van der Waals surface area (Å²) >= 11 is 3.39. The Bertz CT molecular complexity index is 1000. The molecule has 0 radical (unpaired) electrons. The number of imide groups is 1. The number of halogens is 1. The number of hydrogen-bond acceptors (Lipinski definition) is 6. The number of hydrogen-bond donors (Lipinski definition) is 1. The lowest BCUT2D eigenvalue weighted by Crippen LogP contribution is -2.36. The van der Waals surface area contributed by atoms with Crippen LogP contribution in [0.4, 0.5) is 4.79 Å². The number of urea groups is 1. The van der Waals surface area contributed by atoms with Crippen LogP contribution in [0, 0.1) is 0 Å². The normalized spacial score (nSPS) is 14.6. The van der Waals surface area contributed by atoms with Crippen LogP contribution >= 0.6 is 15.9 Å². The van der Waals surface area contributed by atoms with Gasteiger partial charge in [0.15, 0.2) is 11.5 Å². The van der Waals surface area contributed by atoms with Crippen LogP contribution in [0.3, 0.4) is 0 Å². The lowest BCUT2D eigenvalue weighted by Gasteiger charge is -2.12. The number of carbonyl (C=O) groups is 3. The van der Waals surface area contributed by atoms with Crippen molar-refractivity contribution < 1.29 is 28.6 Å². The maximum Gasteiger partial charge on any atom is 0.329 e. The van der Waals surface area contributed by atoms with Crippen LogP contribution in [0.15, 0.2) is 52.6 Å². The summed E-state index contributed by atoms with van der Waals surface area (Å²) in [5.74, 6) is -0.282. The lowest BCUT2D eigenvalue weighted by molar-refractivity contribution is -0.143. The summed E-state index contributed by atoms with van der Waals surface area (Å²) in [7, 11) is 2.70. The average Bonchev–Trinajstić information content (AvgIpc) is 3.00. The Balaban J connectivity index is 1.74. The highest BCUT2D eigenvalue weighted by atomic mass is 79.9. The minimum absolute atomic E-state index is 0.0505. The van der Waals surface area contributed by atoms with E-state index in [1.54, 1.807) is 18.2 Å². The van der Waals surface area contributed by atoms with Crippen LogP contribution in [0.25, 0.3) is 6.08 Å². The monoisotopic (exact) mass is 474 g/mol. The van der Waals surface area contributed by atoms with Crippen molar-refractivity contribution in [3.63, 3.8) is 0 Å². The molecule has 0 aliphatic carbocycles. The van der Waals surface area contributed by atoms with E-state index < -0.39 is 24.5 Å². The molecule has 3 amide bonds. The first kappa shape index (κ1) is 21.4. The van der Waals surface area contributed by atoms with Crippen molar-refractivity contribution in [2.75, 3.05) is 20.8 Å². The summed E-state index contributed by atoms with van der Waals surface area (Å²) in [6.45, 7) is -0.0915. The molecule has 1 N–H and O–H groups in total. The van der Waals surface area contributed by atoms with E-state index >= 15 is 0 Å². The SMILES string of the molecule is COC(=O)CN1C(=O)N/C(=C/c2ccc(OCc3ccc(Br)cc3)c(OC)c2)C1=O. The highest BCUT2D eigenvalue weighted by molar-refractivity contribution is 9.10. The molecular weight excluding hydrogens is 456 g/mol. The van der Waals surface area contributed by atoms with Gasteiger partial charge in [-0.2, -0.15) is 0 Å². The molecule has 0 saturated carbocycles. The van der Waals surface area contributed by atoms with Gasteiger partial charge in [0.2, 0.25) is 0 Å². The topological polar surface area (TPSA) is 94.2 Å². The summed E-state index contributed by atoms with van der Waals surface area (Å²) in [6.07, 6.45) is 1.50. The van der Waals surface area contributed by atoms with E-state index in [4.69, 9.17) is 9.47 Å². The maximum absolute atomic E-state index is 12.4. The molecule has 0 spiro atoms. The Morgan fingerprint density at radius 2 is 1.83 bits per heavy atom. The summed E-state index contributed by atoms with van der Waals surface area (Å²) in [6, 6.07) is 12.2. The number of rotatable bonds is 7. The van der Waals surface area contributed by atoms with E-state index in [0.29, 0.717) is 23.7 Å². The summed E-state index contributed by atoms with van der Waals surface area (Å²) in [5, 5.41) is 2.45. The fourth-order valence-electron chi connectivity index (χ4n) is 2.71. The molecule has 0 bridgehead atoms. The molecular formula is C21H19BrN2O6. The van der Waals surface area contributed by atoms with E-state index in [-0.39, 0.29) is 5.70 Å². The predicted octanol–water partition coefficient (Wildman–Crippen LogP) is 3.10. The number of carbonyl (C=O) groups excluding carboxylic acids is 3. The molecule has 9 heteroatoms. The minimum atomic E-state index is -0.686. The van der Waals surface area contributed by atoms with Crippen LogP contribution in [0.1, 0.15) is 11.1 Å². The molecule has 156 valence electrons. The number of esters is 1. The fraction of sp³-hybridized carbons (Fsp3) is 0.190. The molecule has 1 aliphatic heterocycles. The molecule has 2 aromatic carbocycles. The summed E-state index contributed by atoms with van der Waals surface area (Å²) < 4.78 is 16.7. The zero-order valence-corrected chi connectivity index (χ0v) is 17.9. The Hall–Kier alpha value is -3.33. The Kier molecular flexibility index (Phi) is 6.73. The molecule has 1 heterocycles. The van der Waals surface area contributed by atoms with Crippen molar-refractivity contribution in [1.29, 1.82) is 0 Å². The van der Waals surface area contributed by atoms with Gasteiger partial charge < -0.3 is 19.5 Å². The Labute approximate surface area is 181 Å². The number of methoxy groups -OCH3 is 2. The van der Waals surface area contributed by atoms with Gasteiger partial charge in [-0.3, -0.25) is 9.59 Å². The third-order valence-electron chi connectivity index (χ3n) is 4.28. The molecule has 0 atom stereocenters. The highest BCUT2D eigenvalue weighted by Crippen LogP contribution is 2.30. The van der Waals surface area contributed by atoms with Crippen molar-refractivity contribution >= 4 is 39.9 Å². The van der Waals surface area contributed by atoms with Crippen molar-refractivity contribution in [2.24, 2.45) is 0 Å². The zero-order chi connectivity index (χ0) is 21.7. The zero-order valence-electron chi connectivity index (χ0n) is 16.3. The van der Waals surface area contributed by atoms with Gasteiger partial charge in [-0.05, 0) is 41.5 Å². The number of nitrogens with zero attached hydrogens (tertiary/aromatic N) is 1. The van der Waals surface area contributed by atoms with Crippen molar-refractivity contribution in [3.05, 3.63) is 63.8 Å². The van der Waals surface area contributed by atoms with Crippen molar-refractivity contribution in [3.8, 4) is 11.5 Å². The van der Waals surface area contributed by atoms with Gasteiger partial charge >= 0.3 is 12.0 Å². The summed E-state index contributed by atoms with van der Waals surface area (Å²) in [5.41, 5.74) is 1.66. The predicted molar refractivity (Wildman–Crippen MR) is 112 cm³/mol. The molecule has 1 aliphatic rings. The van der Waals surface area contributed by atoms with E-state index in [2.05, 4.69) is 26.0 Å². The van der Waals surface area contributed by atoms with Gasteiger partial charge in [0.1, 0.15) is 18.8 Å². The van der Waals surface area contributed by atoms with Gasteiger partial charge in [0.05, 0.1) is 14.2 Å². The third-order valence-corrected chi connectivity index (χ3v) is 4.81. The third kappa shape index (κ3) is 4.98. The number of benzene rings is 2. The van der Waals surface area contributed by atoms with Crippen LogP contribution in [0.5, 0.6) is 11.5 Å². The standard InChI is InChI=1S/C21H19BrN2O6/c1-28-18-10-14(5-8-17(18)30-12-13-3-6-15(22)7-4-13)9-16-20(26)24(21(27)23-16)11-19(25)29-2/h3-10H,11-12H2,1-2H3,(H,23,27)/b16-9+. The van der Waals surface area contributed by atoms with Gasteiger partial charge in [-0.25, -0.2) is 9.69 Å². The number of nitrogens with one attached hydrogen (secondary N) is 1. The first-order valence-electron chi connectivity index (χ1n) is 8.88. The van der Waals surface area contributed by atoms with E-state index in [9.17, 15) is 14.4 Å². The molecule has 2 aromatic rings. The Morgan fingerprint density at radius 1 is 1.10 bits per heavy atom.